The van der Waals surface area contributed by atoms with Gasteiger partial charge in [0.25, 0.3) is 0 Å². The van der Waals surface area contributed by atoms with E-state index in [0.29, 0.717) is 16.7 Å². The van der Waals surface area contributed by atoms with Crippen LogP contribution < -0.4 is 0 Å². The number of unbranched alkanes of at least 4 members (excludes halogenated alkanes) is 1. The highest BCUT2D eigenvalue weighted by atomic mass is 16.5. The minimum absolute atomic E-state index is 0.118. The molecule has 0 radical (unpaired) electrons. The van der Waals surface area contributed by atoms with Gasteiger partial charge >= 0.3 is 5.97 Å². The molecule has 25 heavy (non-hydrogen) atoms. The second-order valence-electron chi connectivity index (χ2n) is 5.90. The van der Waals surface area contributed by atoms with Gasteiger partial charge in [0.05, 0.1) is 12.5 Å². The third kappa shape index (κ3) is 4.86. The van der Waals surface area contributed by atoms with Crippen molar-refractivity contribution in [2.75, 3.05) is 6.61 Å². The zero-order valence-electron chi connectivity index (χ0n) is 14.5. The number of rotatable bonds is 8. The average Bonchev–Trinajstić information content (AvgIpc) is 2.67. The van der Waals surface area contributed by atoms with E-state index in [1.165, 1.54) is 0 Å². The largest absolute Gasteiger partial charge is 0.460 e. The van der Waals surface area contributed by atoms with Gasteiger partial charge in [-0.15, -0.1) is 0 Å². The van der Waals surface area contributed by atoms with Crippen molar-refractivity contribution in [2.24, 2.45) is 0 Å². The predicted octanol–water partition coefficient (Wildman–Crippen LogP) is 3.93. The molecule has 2 rings (SSSR count). The molecule has 0 spiro atoms. The maximum atomic E-state index is 12.5. The highest BCUT2D eigenvalue weighted by molar-refractivity contribution is 6.35. The van der Waals surface area contributed by atoms with E-state index in [1.54, 1.807) is 55.5 Å². The van der Waals surface area contributed by atoms with Crippen LogP contribution in [0.5, 0.6) is 0 Å². The number of hydrogen-bond acceptors (Lipinski definition) is 4. The van der Waals surface area contributed by atoms with Gasteiger partial charge in [-0.1, -0.05) is 68.8 Å². The number of benzene rings is 2. The second kappa shape index (κ2) is 8.92. The number of ether oxygens (including phenoxy) is 1. The highest BCUT2D eigenvalue weighted by Gasteiger charge is 2.24. The van der Waals surface area contributed by atoms with E-state index in [2.05, 4.69) is 0 Å². The molecular weight excluding hydrogens is 316 g/mol. The van der Waals surface area contributed by atoms with E-state index in [0.717, 1.165) is 12.8 Å². The zero-order valence-corrected chi connectivity index (χ0v) is 14.5. The number of hydrogen-bond donors (Lipinski definition) is 0. The van der Waals surface area contributed by atoms with Crippen molar-refractivity contribution in [1.82, 2.24) is 0 Å². The first-order valence-corrected chi connectivity index (χ1v) is 8.45. The summed E-state index contributed by atoms with van der Waals surface area (Å²) in [6, 6.07) is 15.8. The minimum atomic E-state index is -0.819. The van der Waals surface area contributed by atoms with Gasteiger partial charge in [0.2, 0.25) is 5.78 Å². The Labute approximate surface area is 147 Å². The number of Topliss-reactive ketones (excluding diaryl/α,β-unsaturated/α-hetero) is 1. The molecule has 0 bridgehead atoms. The number of carbonyl (C=O) groups excluding carboxylic acids is 3. The summed E-state index contributed by atoms with van der Waals surface area (Å²) in [4.78, 5) is 36.6. The fourth-order valence-electron chi connectivity index (χ4n) is 2.41. The standard InChI is InChI=1S/C21H22O4/c1-3-4-13-25-21(24)19(22)15(2)17-11-8-12-18(14-17)20(23)16-9-6-5-7-10-16/h5-12,14-15H,3-4,13H2,1-2H3. The van der Waals surface area contributed by atoms with Gasteiger partial charge in [0, 0.05) is 11.1 Å². The van der Waals surface area contributed by atoms with E-state index in [9.17, 15) is 14.4 Å². The monoisotopic (exact) mass is 338 g/mol. The van der Waals surface area contributed by atoms with E-state index in [1.807, 2.05) is 13.0 Å². The van der Waals surface area contributed by atoms with Crippen molar-refractivity contribution in [1.29, 1.82) is 0 Å². The topological polar surface area (TPSA) is 60.4 Å². The van der Waals surface area contributed by atoms with Crippen LogP contribution in [0, 0.1) is 0 Å². The average molecular weight is 338 g/mol. The van der Waals surface area contributed by atoms with Gasteiger partial charge < -0.3 is 4.74 Å². The van der Waals surface area contributed by atoms with E-state index < -0.39 is 17.7 Å². The molecule has 0 saturated carbocycles. The van der Waals surface area contributed by atoms with E-state index >= 15 is 0 Å². The van der Waals surface area contributed by atoms with Gasteiger partial charge in [-0.3, -0.25) is 9.59 Å². The summed E-state index contributed by atoms with van der Waals surface area (Å²) >= 11 is 0. The van der Waals surface area contributed by atoms with Crippen LogP contribution in [0.1, 0.15) is 54.1 Å². The predicted molar refractivity (Wildman–Crippen MR) is 95.6 cm³/mol. The fourth-order valence-corrected chi connectivity index (χ4v) is 2.41. The molecule has 0 heterocycles. The summed E-state index contributed by atoms with van der Waals surface area (Å²) in [5, 5.41) is 0. The zero-order chi connectivity index (χ0) is 18.2. The Kier molecular flexibility index (Phi) is 6.63. The summed E-state index contributed by atoms with van der Waals surface area (Å²) in [6.45, 7) is 3.88. The Balaban J connectivity index is 2.13. The molecule has 0 aromatic heterocycles. The van der Waals surface area contributed by atoms with Gasteiger partial charge in [0.1, 0.15) is 0 Å². The lowest BCUT2D eigenvalue weighted by Crippen LogP contribution is -2.23. The van der Waals surface area contributed by atoms with Crippen LogP contribution in [-0.4, -0.2) is 24.1 Å². The van der Waals surface area contributed by atoms with Crippen molar-refractivity contribution in [2.45, 2.75) is 32.6 Å². The van der Waals surface area contributed by atoms with E-state index in [4.69, 9.17) is 4.74 Å². The lowest BCUT2D eigenvalue weighted by molar-refractivity contribution is -0.154. The first-order valence-electron chi connectivity index (χ1n) is 8.45. The van der Waals surface area contributed by atoms with Crippen molar-refractivity contribution >= 4 is 17.5 Å². The smallest absolute Gasteiger partial charge is 0.375 e. The second-order valence-corrected chi connectivity index (χ2v) is 5.90. The maximum Gasteiger partial charge on any atom is 0.375 e. The molecule has 0 aliphatic carbocycles. The number of carbonyl (C=O) groups is 3. The van der Waals surface area contributed by atoms with Gasteiger partial charge in [-0.25, -0.2) is 4.79 Å². The molecule has 0 N–H and O–H groups in total. The summed E-state index contributed by atoms with van der Waals surface area (Å²) < 4.78 is 4.98. The molecule has 0 aliphatic rings. The quantitative estimate of drug-likeness (QED) is 0.317. The molecule has 0 fully saturated rings. The van der Waals surface area contributed by atoms with Crippen LogP contribution in [0.3, 0.4) is 0 Å². The summed E-state index contributed by atoms with van der Waals surface area (Å²) in [6.07, 6.45) is 1.62. The first-order chi connectivity index (χ1) is 12.0. The van der Waals surface area contributed by atoms with Crippen molar-refractivity contribution < 1.29 is 19.1 Å². The third-order valence-electron chi connectivity index (χ3n) is 4.01. The van der Waals surface area contributed by atoms with Crippen LogP contribution >= 0.6 is 0 Å². The molecule has 0 aliphatic heterocycles. The van der Waals surface area contributed by atoms with E-state index in [-0.39, 0.29) is 12.4 Å². The Morgan fingerprint density at radius 1 is 0.960 bits per heavy atom. The maximum absolute atomic E-state index is 12.5. The molecule has 0 saturated heterocycles. The van der Waals surface area contributed by atoms with Crippen LogP contribution in [0.25, 0.3) is 0 Å². The molecular formula is C21H22O4. The molecule has 130 valence electrons. The van der Waals surface area contributed by atoms with Crippen molar-refractivity contribution in [3.8, 4) is 0 Å². The minimum Gasteiger partial charge on any atom is -0.460 e. The Morgan fingerprint density at radius 2 is 1.64 bits per heavy atom. The molecule has 4 nitrogen and oxygen atoms in total. The molecule has 2 aromatic rings. The summed E-state index contributed by atoms with van der Waals surface area (Å²) in [7, 11) is 0. The fraction of sp³-hybridized carbons (Fsp3) is 0.286. The van der Waals surface area contributed by atoms with Gasteiger partial charge in [-0.2, -0.15) is 0 Å². The van der Waals surface area contributed by atoms with Crippen LogP contribution in [0.4, 0.5) is 0 Å². The number of ketones is 2. The molecule has 1 atom stereocenters. The molecule has 2 aromatic carbocycles. The van der Waals surface area contributed by atoms with Crippen molar-refractivity contribution in [3.05, 3.63) is 71.3 Å². The van der Waals surface area contributed by atoms with Crippen LogP contribution in [-0.2, 0) is 14.3 Å². The van der Waals surface area contributed by atoms with Gasteiger partial charge in [0.15, 0.2) is 5.78 Å². The lowest BCUT2D eigenvalue weighted by atomic mass is 9.93. The highest BCUT2D eigenvalue weighted by Crippen LogP contribution is 2.20. The Bertz CT molecular complexity index is 750. The number of esters is 1. The van der Waals surface area contributed by atoms with Crippen molar-refractivity contribution in [3.63, 3.8) is 0 Å². The normalized spacial score (nSPS) is 11.6. The third-order valence-corrected chi connectivity index (χ3v) is 4.01. The summed E-state index contributed by atoms with van der Waals surface area (Å²) in [5.41, 5.74) is 1.69. The lowest BCUT2D eigenvalue weighted by Gasteiger charge is -2.12. The Morgan fingerprint density at radius 3 is 2.32 bits per heavy atom. The summed E-state index contributed by atoms with van der Waals surface area (Å²) in [5.74, 6) is -2.19. The van der Waals surface area contributed by atoms with Crippen LogP contribution in [0.2, 0.25) is 0 Å². The molecule has 4 heteroatoms. The Hall–Kier alpha value is -2.75. The first kappa shape index (κ1) is 18.6. The SMILES string of the molecule is CCCCOC(=O)C(=O)C(C)c1cccc(C(=O)c2ccccc2)c1. The molecule has 1 unspecified atom stereocenters. The molecule has 0 amide bonds. The van der Waals surface area contributed by atoms with Crippen LogP contribution in [0.15, 0.2) is 54.6 Å². The van der Waals surface area contributed by atoms with Gasteiger partial charge in [-0.05, 0) is 18.1 Å².